The molecule has 1 heterocycles. The monoisotopic (exact) mass is 224 g/mol. The quantitative estimate of drug-likeness (QED) is 0.778. The van der Waals surface area contributed by atoms with Crippen LogP contribution in [0.15, 0.2) is 0 Å². The smallest absolute Gasteiger partial charge is 0.107 e. The first kappa shape index (κ1) is 11.1. The predicted molar refractivity (Wildman–Crippen MR) is 65.3 cm³/mol. The van der Waals surface area contributed by atoms with Gasteiger partial charge in [-0.05, 0) is 32.7 Å². The van der Waals surface area contributed by atoms with Crippen molar-refractivity contribution in [1.82, 2.24) is 10.3 Å². The number of aryl methyl sites for hydroxylation is 2. The molecule has 3 heteroatoms. The Morgan fingerprint density at radius 3 is 2.73 bits per heavy atom. The molecule has 1 fully saturated rings. The highest BCUT2D eigenvalue weighted by Crippen LogP contribution is 2.28. The number of aromatic nitrogens is 1. The minimum absolute atomic E-state index is 0.950. The molecule has 0 atom stereocenters. The van der Waals surface area contributed by atoms with E-state index in [1.807, 2.05) is 11.3 Å². The normalized spacial score (nSPS) is 16.7. The molecular formula is C12H20N2S. The maximum atomic E-state index is 4.52. The molecule has 0 bridgehead atoms. The molecule has 1 aromatic rings. The van der Waals surface area contributed by atoms with Crippen molar-refractivity contribution in [3.63, 3.8) is 0 Å². The van der Waals surface area contributed by atoms with E-state index in [4.69, 9.17) is 0 Å². The van der Waals surface area contributed by atoms with Gasteiger partial charge in [0.15, 0.2) is 0 Å². The first-order valence-corrected chi connectivity index (χ1v) is 6.71. The van der Waals surface area contributed by atoms with Crippen LogP contribution >= 0.6 is 11.3 Å². The average molecular weight is 224 g/mol. The van der Waals surface area contributed by atoms with Gasteiger partial charge in [0.05, 0.1) is 5.69 Å². The molecule has 1 aliphatic carbocycles. The lowest BCUT2D eigenvalue weighted by Gasteiger charge is -2.25. The van der Waals surface area contributed by atoms with E-state index in [9.17, 15) is 0 Å². The highest BCUT2D eigenvalue weighted by molar-refractivity contribution is 7.11. The number of thiazole rings is 1. The van der Waals surface area contributed by atoms with E-state index in [0.29, 0.717) is 0 Å². The number of rotatable bonds is 5. The topological polar surface area (TPSA) is 24.9 Å². The molecule has 0 aromatic carbocycles. The average Bonchev–Trinajstić information content (AvgIpc) is 2.43. The Kier molecular flexibility index (Phi) is 3.76. The van der Waals surface area contributed by atoms with E-state index in [1.54, 1.807) is 0 Å². The summed E-state index contributed by atoms with van der Waals surface area (Å²) in [6.07, 6.45) is 5.72. The van der Waals surface area contributed by atoms with Crippen LogP contribution in [0.3, 0.4) is 0 Å². The molecule has 1 N–H and O–H groups in total. The van der Waals surface area contributed by atoms with E-state index in [0.717, 1.165) is 19.0 Å². The van der Waals surface area contributed by atoms with Crippen molar-refractivity contribution in [2.24, 2.45) is 5.92 Å². The summed E-state index contributed by atoms with van der Waals surface area (Å²) in [6.45, 7) is 6.34. The summed E-state index contributed by atoms with van der Waals surface area (Å²) in [5.74, 6) is 1.01. The lowest BCUT2D eigenvalue weighted by Crippen LogP contribution is -2.20. The Hall–Kier alpha value is -0.410. The second kappa shape index (κ2) is 5.08. The lowest BCUT2D eigenvalue weighted by molar-refractivity contribution is 0.292. The van der Waals surface area contributed by atoms with Gasteiger partial charge in [0.25, 0.3) is 0 Å². The lowest BCUT2D eigenvalue weighted by atomic mass is 9.83. The van der Waals surface area contributed by atoms with Crippen LogP contribution in [0.4, 0.5) is 0 Å². The predicted octanol–water partition coefficient (Wildman–Crippen LogP) is 3.04. The van der Waals surface area contributed by atoms with Gasteiger partial charge in [0, 0.05) is 11.4 Å². The van der Waals surface area contributed by atoms with Crippen molar-refractivity contribution in [3.8, 4) is 0 Å². The zero-order valence-electron chi connectivity index (χ0n) is 9.68. The SMILES string of the molecule is Cc1nc(CNCCC2CCC2)sc1C. The van der Waals surface area contributed by atoms with Gasteiger partial charge in [-0.3, -0.25) is 0 Å². The van der Waals surface area contributed by atoms with Crippen molar-refractivity contribution in [1.29, 1.82) is 0 Å². The summed E-state index contributed by atoms with van der Waals surface area (Å²) in [5, 5.41) is 4.72. The van der Waals surface area contributed by atoms with Gasteiger partial charge in [0.1, 0.15) is 5.01 Å². The van der Waals surface area contributed by atoms with Gasteiger partial charge in [-0.25, -0.2) is 4.98 Å². The summed E-state index contributed by atoms with van der Waals surface area (Å²) in [5.41, 5.74) is 1.19. The largest absolute Gasteiger partial charge is 0.310 e. The summed E-state index contributed by atoms with van der Waals surface area (Å²) in [4.78, 5) is 5.87. The van der Waals surface area contributed by atoms with Crippen LogP contribution in [0.5, 0.6) is 0 Å². The van der Waals surface area contributed by atoms with Crippen molar-refractivity contribution in [2.75, 3.05) is 6.54 Å². The summed E-state index contributed by atoms with van der Waals surface area (Å²) in [6, 6.07) is 0. The molecule has 1 aliphatic rings. The number of hydrogen-bond acceptors (Lipinski definition) is 3. The second-order valence-corrected chi connectivity index (χ2v) is 5.80. The fourth-order valence-electron chi connectivity index (χ4n) is 1.90. The Labute approximate surface area is 96.1 Å². The van der Waals surface area contributed by atoms with Gasteiger partial charge in [0.2, 0.25) is 0 Å². The third-order valence-electron chi connectivity index (χ3n) is 3.30. The molecule has 84 valence electrons. The van der Waals surface area contributed by atoms with E-state index >= 15 is 0 Å². The molecule has 0 amide bonds. The van der Waals surface area contributed by atoms with Crippen molar-refractivity contribution in [2.45, 2.75) is 46.1 Å². The second-order valence-electron chi connectivity index (χ2n) is 4.51. The molecular weight excluding hydrogens is 204 g/mol. The molecule has 15 heavy (non-hydrogen) atoms. The molecule has 2 nitrogen and oxygen atoms in total. The third kappa shape index (κ3) is 3.02. The summed E-state index contributed by atoms with van der Waals surface area (Å²) < 4.78 is 0. The van der Waals surface area contributed by atoms with Crippen LogP contribution in [-0.4, -0.2) is 11.5 Å². The zero-order chi connectivity index (χ0) is 10.7. The minimum Gasteiger partial charge on any atom is -0.310 e. The minimum atomic E-state index is 0.950. The Balaban J connectivity index is 1.64. The highest BCUT2D eigenvalue weighted by atomic mass is 32.1. The summed E-state index contributed by atoms with van der Waals surface area (Å²) in [7, 11) is 0. The number of nitrogens with one attached hydrogen (secondary N) is 1. The van der Waals surface area contributed by atoms with Gasteiger partial charge in [-0.1, -0.05) is 19.3 Å². The molecule has 0 spiro atoms. The van der Waals surface area contributed by atoms with Crippen LogP contribution < -0.4 is 5.32 Å². The first-order valence-electron chi connectivity index (χ1n) is 5.89. The van der Waals surface area contributed by atoms with Crippen molar-refractivity contribution in [3.05, 3.63) is 15.6 Å². The zero-order valence-corrected chi connectivity index (χ0v) is 10.5. The molecule has 1 aromatic heterocycles. The van der Waals surface area contributed by atoms with E-state index < -0.39 is 0 Å². The molecule has 0 aliphatic heterocycles. The maximum Gasteiger partial charge on any atom is 0.107 e. The van der Waals surface area contributed by atoms with Crippen LogP contribution in [0.25, 0.3) is 0 Å². The Morgan fingerprint density at radius 2 is 2.20 bits per heavy atom. The molecule has 0 saturated heterocycles. The van der Waals surface area contributed by atoms with Gasteiger partial charge < -0.3 is 5.32 Å². The van der Waals surface area contributed by atoms with Crippen molar-refractivity contribution >= 4 is 11.3 Å². The fourth-order valence-corrected chi connectivity index (χ4v) is 2.80. The van der Waals surface area contributed by atoms with E-state index in [1.165, 1.54) is 41.3 Å². The number of hydrogen-bond donors (Lipinski definition) is 1. The van der Waals surface area contributed by atoms with Crippen LogP contribution in [0.1, 0.15) is 41.3 Å². The Bertz CT molecular complexity index is 296. The summed E-state index contributed by atoms with van der Waals surface area (Å²) >= 11 is 1.82. The highest BCUT2D eigenvalue weighted by Gasteiger charge is 2.16. The fraction of sp³-hybridized carbons (Fsp3) is 0.750. The van der Waals surface area contributed by atoms with Gasteiger partial charge in [-0.15, -0.1) is 11.3 Å². The van der Waals surface area contributed by atoms with Crippen LogP contribution in [-0.2, 0) is 6.54 Å². The maximum absolute atomic E-state index is 4.52. The van der Waals surface area contributed by atoms with Gasteiger partial charge >= 0.3 is 0 Å². The molecule has 1 saturated carbocycles. The molecule has 2 rings (SSSR count). The van der Waals surface area contributed by atoms with Gasteiger partial charge in [-0.2, -0.15) is 0 Å². The van der Waals surface area contributed by atoms with E-state index in [2.05, 4.69) is 24.1 Å². The van der Waals surface area contributed by atoms with Crippen LogP contribution in [0, 0.1) is 19.8 Å². The molecule has 0 radical (unpaired) electrons. The first-order chi connectivity index (χ1) is 7.25. The third-order valence-corrected chi connectivity index (χ3v) is 4.38. The van der Waals surface area contributed by atoms with E-state index in [-0.39, 0.29) is 0 Å². The van der Waals surface area contributed by atoms with Crippen LogP contribution in [0.2, 0.25) is 0 Å². The van der Waals surface area contributed by atoms with Crippen molar-refractivity contribution < 1.29 is 0 Å². The standard InChI is InChI=1S/C12H20N2S/c1-9-10(2)15-12(14-9)8-13-7-6-11-4-3-5-11/h11,13H,3-8H2,1-2H3. The Morgan fingerprint density at radius 1 is 1.40 bits per heavy atom. The molecule has 0 unspecified atom stereocenters. The number of nitrogens with zero attached hydrogens (tertiary/aromatic N) is 1.